The first kappa shape index (κ1) is 26.7. The molecule has 0 spiro atoms. The fourth-order valence-corrected chi connectivity index (χ4v) is 3.24. The molecule has 0 fully saturated rings. The van der Waals surface area contributed by atoms with Crippen LogP contribution in [0.1, 0.15) is 57.5 Å². The molecular weight excluding hydrogens is 467 g/mol. The van der Waals surface area contributed by atoms with Crippen LogP contribution in [-0.2, 0) is 16.1 Å². The second-order valence-corrected chi connectivity index (χ2v) is 9.15. The quantitative estimate of drug-likeness (QED) is 0.353. The first-order valence-electron chi connectivity index (χ1n) is 11.7. The number of carbonyl (C=O) groups excluding carboxylic acids is 2. The summed E-state index contributed by atoms with van der Waals surface area (Å²) < 4.78 is 29.2. The molecule has 1 aromatic heterocycles. The summed E-state index contributed by atoms with van der Waals surface area (Å²) in [7, 11) is 0. The molecular formula is C26H31FN4O5. The average Bonchev–Trinajstić information content (AvgIpc) is 3.32. The first-order valence-corrected chi connectivity index (χ1v) is 11.7. The zero-order chi connectivity index (χ0) is 26.0. The molecule has 2 aromatic carbocycles. The summed E-state index contributed by atoms with van der Waals surface area (Å²) in [6, 6.07) is 14.4. The van der Waals surface area contributed by atoms with E-state index in [1.807, 2.05) is 30.3 Å². The Balaban J connectivity index is 1.59. The fraction of sp³-hybridized carbons (Fsp3) is 0.385. The maximum atomic E-state index is 13.2. The maximum absolute atomic E-state index is 13.2. The van der Waals surface area contributed by atoms with Crippen molar-refractivity contribution in [1.82, 2.24) is 20.8 Å². The van der Waals surface area contributed by atoms with E-state index in [0.29, 0.717) is 31.4 Å². The Labute approximate surface area is 209 Å². The van der Waals surface area contributed by atoms with E-state index < -0.39 is 23.8 Å². The van der Waals surface area contributed by atoms with Crippen molar-refractivity contribution in [3.63, 3.8) is 0 Å². The summed E-state index contributed by atoms with van der Waals surface area (Å²) in [6.45, 7) is 5.91. The molecule has 0 aliphatic rings. The van der Waals surface area contributed by atoms with Crippen LogP contribution in [0.5, 0.6) is 0 Å². The standard InChI is InChI=1S/C26H31FN4O5/c1-26(2,3)35-24(32)28-16-8-7-11-21(29-25(33)34-17-18-9-5-4-6-10-18)23-30-22(31-36-23)19-12-14-20(27)15-13-19/h4-6,9-10,12-15,21H,7-8,11,16-17H2,1-3H3,(H,28,32)(H,29,33). The number of rotatable bonds is 10. The van der Waals surface area contributed by atoms with Crippen LogP contribution in [-0.4, -0.2) is 34.5 Å². The Morgan fingerprint density at radius 3 is 2.44 bits per heavy atom. The third-order valence-corrected chi connectivity index (χ3v) is 4.93. The van der Waals surface area contributed by atoms with Gasteiger partial charge in [-0.05, 0) is 69.9 Å². The Kier molecular flexibility index (Phi) is 9.38. The maximum Gasteiger partial charge on any atom is 0.408 e. The van der Waals surface area contributed by atoms with Gasteiger partial charge in [0.25, 0.3) is 0 Å². The van der Waals surface area contributed by atoms with Gasteiger partial charge >= 0.3 is 12.2 Å². The smallest absolute Gasteiger partial charge is 0.408 e. The van der Waals surface area contributed by atoms with E-state index in [-0.39, 0.29) is 24.1 Å². The summed E-state index contributed by atoms with van der Waals surface area (Å²) in [5.41, 5.74) is 0.867. The van der Waals surface area contributed by atoms with Crippen LogP contribution in [0.3, 0.4) is 0 Å². The number of amides is 2. The van der Waals surface area contributed by atoms with Crippen LogP contribution in [0.15, 0.2) is 59.1 Å². The van der Waals surface area contributed by atoms with Crippen molar-refractivity contribution < 1.29 is 28.0 Å². The van der Waals surface area contributed by atoms with Crippen molar-refractivity contribution in [2.75, 3.05) is 6.54 Å². The van der Waals surface area contributed by atoms with E-state index in [9.17, 15) is 14.0 Å². The number of ether oxygens (including phenoxy) is 2. The molecule has 9 nitrogen and oxygen atoms in total. The second kappa shape index (κ2) is 12.7. The minimum Gasteiger partial charge on any atom is -0.445 e. The van der Waals surface area contributed by atoms with Crippen LogP contribution in [0.4, 0.5) is 14.0 Å². The Hall–Kier alpha value is -3.95. The number of hydrogen-bond acceptors (Lipinski definition) is 7. The molecule has 0 aliphatic heterocycles. The van der Waals surface area contributed by atoms with Gasteiger partial charge in [0.2, 0.25) is 11.7 Å². The molecule has 0 bridgehead atoms. The number of unbranched alkanes of at least 4 members (excludes halogenated alkanes) is 1. The van der Waals surface area contributed by atoms with Crippen molar-refractivity contribution in [3.8, 4) is 11.4 Å². The van der Waals surface area contributed by atoms with Gasteiger partial charge in [0, 0.05) is 12.1 Å². The van der Waals surface area contributed by atoms with E-state index in [2.05, 4.69) is 20.8 Å². The van der Waals surface area contributed by atoms with Crippen molar-refractivity contribution in [2.45, 2.75) is 58.3 Å². The van der Waals surface area contributed by atoms with Gasteiger partial charge in [-0.2, -0.15) is 4.98 Å². The molecule has 3 rings (SSSR count). The number of nitrogens with zero attached hydrogens (tertiary/aromatic N) is 2. The van der Waals surface area contributed by atoms with Crippen molar-refractivity contribution in [3.05, 3.63) is 71.9 Å². The van der Waals surface area contributed by atoms with Gasteiger partial charge in [-0.15, -0.1) is 0 Å². The molecule has 1 atom stereocenters. The molecule has 1 heterocycles. The number of nitrogens with one attached hydrogen (secondary N) is 2. The van der Waals surface area contributed by atoms with E-state index in [1.165, 1.54) is 12.1 Å². The van der Waals surface area contributed by atoms with Gasteiger partial charge in [-0.1, -0.05) is 35.5 Å². The first-order chi connectivity index (χ1) is 17.2. The van der Waals surface area contributed by atoms with E-state index >= 15 is 0 Å². The zero-order valence-electron chi connectivity index (χ0n) is 20.6. The third-order valence-electron chi connectivity index (χ3n) is 4.93. The lowest BCUT2D eigenvalue weighted by atomic mass is 10.1. The number of aromatic nitrogens is 2. The van der Waals surface area contributed by atoms with Crippen LogP contribution in [0, 0.1) is 5.82 Å². The molecule has 3 aromatic rings. The average molecular weight is 499 g/mol. The highest BCUT2D eigenvalue weighted by Gasteiger charge is 2.23. The number of halogens is 1. The van der Waals surface area contributed by atoms with E-state index in [0.717, 1.165) is 5.56 Å². The van der Waals surface area contributed by atoms with Gasteiger partial charge in [-0.3, -0.25) is 0 Å². The lowest BCUT2D eigenvalue weighted by Crippen LogP contribution is -2.33. The van der Waals surface area contributed by atoms with Crippen molar-refractivity contribution >= 4 is 12.2 Å². The minimum absolute atomic E-state index is 0.115. The lowest BCUT2D eigenvalue weighted by molar-refractivity contribution is 0.0527. The van der Waals surface area contributed by atoms with Crippen LogP contribution >= 0.6 is 0 Å². The second-order valence-electron chi connectivity index (χ2n) is 9.15. The van der Waals surface area contributed by atoms with Crippen molar-refractivity contribution in [1.29, 1.82) is 0 Å². The molecule has 0 saturated carbocycles. The van der Waals surface area contributed by atoms with Crippen LogP contribution in [0.2, 0.25) is 0 Å². The van der Waals surface area contributed by atoms with Crippen LogP contribution < -0.4 is 10.6 Å². The SMILES string of the molecule is CC(C)(C)OC(=O)NCCCCC(NC(=O)OCc1ccccc1)c1nc(-c2ccc(F)cc2)no1. The number of carbonyl (C=O) groups is 2. The molecule has 0 radical (unpaired) electrons. The molecule has 1 unspecified atom stereocenters. The fourth-order valence-electron chi connectivity index (χ4n) is 3.24. The summed E-state index contributed by atoms with van der Waals surface area (Å²) in [6.07, 6.45) is 0.615. The predicted molar refractivity (Wildman–Crippen MR) is 130 cm³/mol. The highest BCUT2D eigenvalue weighted by Crippen LogP contribution is 2.23. The Bertz CT molecular complexity index is 1110. The highest BCUT2D eigenvalue weighted by atomic mass is 19.1. The minimum atomic E-state index is -0.628. The van der Waals surface area contributed by atoms with Crippen molar-refractivity contribution in [2.24, 2.45) is 0 Å². The van der Waals surface area contributed by atoms with Gasteiger partial charge in [0.1, 0.15) is 24.1 Å². The molecule has 10 heteroatoms. The van der Waals surface area contributed by atoms with Gasteiger partial charge < -0.3 is 24.6 Å². The van der Waals surface area contributed by atoms with Crippen LogP contribution in [0.25, 0.3) is 11.4 Å². The summed E-state index contributed by atoms with van der Waals surface area (Å²) in [5, 5.41) is 9.45. The zero-order valence-corrected chi connectivity index (χ0v) is 20.6. The van der Waals surface area contributed by atoms with E-state index in [1.54, 1.807) is 32.9 Å². The van der Waals surface area contributed by atoms with Gasteiger partial charge in [-0.25, -0.2) is 14.0 Å². The lowest BCUT2D eigenvalue weighted by Gasteiger charge is -2.19. The Morgan fingerprint density at radius 2 is 1.75 bits per heavy atom. The monoisotopic (exact) mass is 498 g/mol. The largest absolute Gasteiger partial charge is 0.445 e. The van der Waals surface area contributed by atoms with E-state index in [4.69, 9.17) is 14.0 Å². The number of benzene rings is 2. The molecule has 2 amide bonds. The summed E-state index contributed by atoms with van der Waals surface area (Å²) in [5.74, 6) is 0.107. The van der Waals surface area contributed by atoms with Gasteiger partial charge in [0.05, 0.1) is 0 Å². The molecule has 192 valence electrons. The Morgan fingerprint density at radius 1 is 1.03 bits per heavy atom. The third kappa shape index (κ3) is 9.01. The normalized spacial score (nSPS) is 12.0. The molecule has 2 N–H and O–H groups in total. The predicted octanol–water partition coefficient (Wildman–Crippen LogP) is 5.54. The summed E-state index contributed by atoms with van der Waals surface area (Å²) >= 11 is 0. The number of alkyl carbamates (subject to hydrolysis) is 2. The molecule has 36 heavy (non-hydrogen) atoms. The van der Waals surface area contributed by atoms with Gasteiger partial charge in [0.15, 0.2) is 0 Å². The topological polar surface area (TPSA) is 116 Å². The molecule has 0 aliphatic carbocycles. The summed E-state index contributed by atoms with van der Waals surface area (Å²) in [4.78, 5) is 28.7. The highest BCUT2D eigenvalue weighted by molar-refractivity contribution is 5.68. The number of hydrogen-bond donors (Lipinski definition) is 2. The molecule has 0 saturated heterocycles.